The standard InChI is InChI=1S/C21H31FN6O.HI/c1-4-27(5-2)18(19-9-7-13-29-19)14-25-21(23-3)26-16-10-12-28(15-16)20-17(22)8-6-11-24-20;/h6-9,11,13,16,18H,4-5,10,12,14-15H2,1-3H3,(H2,23,25,26);1H. The van der Waals surface area contributed by atoms with E-state index in [4.69, 9.17) is 4.42 Å². The third-order valence-electron chi connectivity index (χ3n) is 5.38. The normalized spacial score (nSPS) is 17.7. The van der Waals surface area contributed by atoms with E-state index in [1.165, 1.54) is 6.07 Å². The summed E-state index contributed by atoms with van der Waals surface area (Å²) in [7, 11) is 1.76. The Kier molecular flexibility index (Phi) is 9.83. The summed E-state index contributed by atoms with van der Waals surface area (Å²) < 4.78 is 19.7. The lowest BCUT2D eigenvalue weighted by Crippen LogP contribution is -2.47. The number of aliphatic imine (C=N–C) groups is 1. The number of pyridine rings is 1. The third-order valence-corrected chi connectivity index (χ3v) is 5.38. The minimum atomic E-state index is -0.281. The Hall–Kier alpha value is -1.88. The molecule has 30 heavy (non-hydrogen) atoms. The van der Waals surface area contributed by atoms with Gasteiger partial charge in [0.25, 0.3) is 0 Å². The molecule has 1 saturated heterocycles. The van der Waals surface area contributed by atoms with Crippen LogP contribution in [0.3, 0.4) is 0 Å². The molecule has 0 saturated carbocycles. The van der Waals surface area contributed by atoms with Crippen LogP contribution in [-0.2, 0) is 0 Å². The van der Waals surface area contributed by atoms with Gasteiger partial charge in [0.15, 0.2) is 17.6 Å². The van der Waals surface area contributed by atoms with Gasteiger partial charge in [0.2, 0.25) is 0 Å². The van der Waals surface area contributed by atoms with E-state index >= 15 is 0 Å². The van der Waals surface area contributed by atoms with Crippen molar-refractivity contribution in [2.75, 3.05) is 44.7 Å². The maximum atomic E-state index is 14.0. The van der Waals surface area contributed by atoms with Gasteiger partial charge >= 0.3 is 0 Å². The highest BCUT2D eigenvalue weighted by Crippen LogP contribution is 2.22. The summed E-state index contributed by atoms with van der Waals surface area (Å²) in [6, 6.07) is 7.30. The number of furan rings is 1. The second-order valence-corrected chi connectivity index (χ2v) is 7.09. The summed E-state index contributed by atoms with van der Waals surface area (Å²) in [6.07, 6.45) is 4.23. The molecule has 1 aliphatic rings. The zero-order chi connectivity index (χ0) is 20.6. The Balaban J connectivity index is 0.00000320. The topological polar surface area (TPSA) is 68.9 Å². The Morgan fingerprint density at radius 2 is 2.17 bits per heavy atom. The molecule has 3 rings (SSSR count). The van der Waals surface area contributed by atoms with Crippen LogP contribution in [0.5, 0.6) is 0 Å². The van der Waals surface area contributed by atoms with Crippen LogP contribution in [0, 0.1) is 5.82 Å². The molecular formula is C21H32FIN6O. The number of aromatic nitrogens is 1. The second-order valence-electron chi connectivity index (χ2n) is 7.09. The van der Waals surface area contributed by atoms with Crippen molar-refractivity contribution in [2.45, 2.75) is 32.4 Å². The van der Waals surface area contributed by atoms with Crippen molar-refractivity contribution in [1.29, 1.82) is 0 Å². The van der Waals surface area contributed by atoms with E-state index < -0.39 is 0 Å². The van der Waals surface area contributed by atoms with Gasteiger partial charge in [-0.1, -0.05) is 13.8 Å². The fourth-order valence-corrected chi connectivity index (χ4v) is 3.82. The summed E-state index contributed by atoms with van der Waals surface area (Å²) >= 11 is 0. The average molecular weight is 530 g/mol. The van der Waals surface area contributed by atoms with E-state index in [1.807, 2.05) is 17.0 Å². The largest absolute Gasteiger partial charge is 0.468 e. The zero-order valence-electron chi connectivity index (χ0n) is 17.8. The fourth-order valence-electron chi connectivity index (χ4n) is 3.82. The molecule has 0 radical (unpaired) electrons. The number of hydrogen-bond donors (Lipinski definition) is 2. The third kappa shape index (κ3) is 6.07. The lowest BCUT2D eigenvalue weighted by atomic mass is 10.2. The average Bonchev–Trinajstić information content (AvgIpc) is 3.43. The molecule has 2 N–H and O–H groups in total. The van der Waals surface area contributed by atoms with Crippen LogP contribution in [0.15, 0.2) is 46.1 Å². The first-order valence-electron chi connectivity index (χ1n) is 10.3. The fraction of sp³-hybridized carbons (Fsp3) is 0.524. The van der Waals surface area contributed by atoms with Gasteiger partial charge in [-0.2, -0.15) is 0 Å². The molecule has 3 heterocycles. The highest BCUT2D eigenvalue weighted by molar-refractivity contribution is 14.0. The van der Waals surface area contributed by atoms with Crippen molar-refractivity contribution < 1.29 is 8.81 Å². The first kappa shape index (κ1) is 24.4. The number of nitrogens with one attached hydrogen (secondary N) is 2. The van der Waals surface area contributed by atoms with Crippen molar-refractivity contribution in [3.63, 3.8) is 0 Å². The Bertz CT molecular complexity index is 784. The summed E-state index contributed by atoms with van der Waals surface area (Å²) in [5.41, 5.74) is 0. The van der Waals surface area contributed by atoms with Crippen molar-refractivity contribution in [1.82, 2.24) is 20.5 Å². The number of anilines is 1. The molecule has 166 valence electrons. The molecule has 2 atom stereocenters. The minimum absolute atomic E-state index is 0. The molecule has 0 amide bonds. The number of guanidine groups is 1. The van der Waals surface area contributed by atoms with E-state index in [1.54, 1.807) is 25.6 Å². The quantitative estimate of drug-likeness (QED) is 0.311. The predicted molar refractivity (Wildman–Crippen MR) is 129 cm³/mol. The smallest absolute Gasteiger partial charge is 0.191 e. The summed E-state index contributed by atoms with van der Waals surface area (Å²) in [6.45, 7) is 8.29. The Morgan fingerprint density at radius 1 is 1.37 bits per heavy atom. The van der Waals surface area contributed by atoms with Gasteiger partial charge in [-0.15, -0.1) is 24.0 Å². The van der Waals surface area contributed by atoms with E-state index in [9.17, 15) is 4.39 Å². The molecule has 7 nitrogen and oxygen atoms in total. The van der Waals surface area contributed by atoms with E-state index in [0.717, 1.165) is 37.8 Å². The van der Waals surface area contributed by atoms with Crippen LogP contribution in [0.1, 0.15) is 32.1 Å². The number of rotatable bonds is 8. The van der Waals surface area contributed by atoms with Gasteiger partial charge in [-0.05, 0) is 43.8 Å². The number of likely N-dealkylation sites (N-methyl/N-ethyl adjacent to an activating group) is 1. The number of nitrogens with zero attached hydrogens (tertiary/aromatic N) is 4. The highest BCUT2D eigenvalue weighted by atomic mass is 127. The van der Waals surface area contributed by atoms with Crippen LogP contribution >= 0.6 is 24.0 Å². The maximum absolute atomic E-state index is 14.0. The minimum Gasteiger partial charge on any atom is -0.468 e. The van der Waals surface area contributed by atoms with Crippen molar-refractivity contribution >= 4 is 35.8 Å². The van der Waals surface area contributed by atoms with Crippen molar-refractivity contribution in [2.24, 2.45) is 4.99 Å². The molecule has 1 fully saturated rings. The highest BCUT2D eigenvalue weighted by Gasteiger charge is 2.26. The van der Waals surface area contributed by atoms with Crippen LogP contribution in [-0.4, -0.2) is 61.7 Å². The SMILES string of the molecule is CCN(CC)C(CNC(=NC)NC1CCN(c2ncccc2F)C1)c1ccco1.I. The van der Waals surface area contributed by atoms with Crippen molar-refractivity contribution in [3.8, 4) is 0 Å². The monoisotopic (exact) mass is 530 g/mol. The van der Waals surface area contributed by atoms with Gasteiger partial charge in [0, 0.05) is 38.9 Å². The van der Waals surface area contributed by atoms with Gasteiger partial charge in [-0.25, -0.2) is 9.37 Å². The zero-order valence-corrected chi connectivity index (χ0v) is 20.2. The molecule has 0 spiro atoms. The van der Waals surface area contributed by atoms with Crippen molar-refractivity contribution in [3.05, 3.63) is 48.3 Å². The summed E-state index contributed by atoms with van der Waals surface area (Å²) in [5.74, 6) is 1.81. The second kappa shape index (κ2) is 12.1. The molecule has 2 unspecified atom stereocenters. The predicted octanol–water partition coefficient (Wildman–Crippen LogP) is 3.26. The molecule has 0 aliphatic carbocycles. The molecule has 1 aliphatic heterocycles. The van der Waals surface area contributed by atoms with Gasteiger partial charge in [-0.3, -0.25) is 9.89 Å². The van der Waals surface area contributed by atoms with Crippen LogP contribution in [0.2, 0.25) is 0 Å². The molecule has 9 heteroatoms. The molecule has 2 aromatic heterocycles. The maximum Gasteiger partial charge on any atom is 0.191 e. The molecular weight excluding hydrogens is 498 g/mol. The lowest BCUT2D eigenvalue weighted by Gasteiger charge is -2.29. The van der Waals surface area contributed by atoms with Crippen LogP contribution in [0.4, 0.5) is 10.2 Å². The first-order valence-corrected chi connectivity index (χ1v) is 10.3. The van der Waals surface area contributed by atoms with E-state index in [2.05, 4.69) is 39.4 Å². The Labute approximate surface area is 195 Å². The van der Waals surface area contributed by atoms with Gasteiger partial charge in [0.1, 0.15) is 5.76 Å². The Morgan fingerprint density at radius 3 is 2.80 bits per heavy atom. The summed E-state index contributed by atoms with van der Waals surface area (Å²) in [5, 5.41) is 6.89. The van der Waals surface area contributed by atoms with Crippen LogP contribution in [0.25, 0.3) is 0 Å². The number of hydrogen-bond acceptors (Lipinski definition) is 5. The van der Waals surface area contributed by atoms with E-state index in [0.29, 0.717) is 18.9 Å². The molecule has 0 aromatic carbocycles. The summed E-state index contributed by atoms with van der Waals surface area (Å²) in [4.78, 5) is 12.9. The lowest BCUT2D eigenvalue weighted by molar-refractivity contribution is 0.193. The molecule has 2 aromatic rings. The van der Waals surface area contributed by atoms with Crippen LogP contribution < -0.4 is 15.5 Å². The van der Waals surface area contributed by atoms with Gasteiger partial charge in [0.05, 0.1) is 12.3 Å². The first-order chi connectivity index (χ1) is 14.2. The molecule has 0 bridgehead atoms. The van der Waals surface area contributed by atoms with E-state index in [-0.39, 0.29) is 41.9 Å². The number of halogens is 2. The van der Waals surface area contributed by atoms with Gasteiger partial charge < -0.3 is 20.0 Å².